The molecule has 1 atom stereocenters. The largest absolute Gasteiger partial charge is 0.489 e. The summed E-state index contributed by atoms with van der Waals surface area (Å²) in [5.74, 6) is 0.359. The highest BCUT2D eigenvalue weighted by molar-refractivity contribution is 7.71. The fourth-order valence-electron chi connectivity index (χ4n) is 3.27. The Morgan fingerprint density at radius 1 is 1.03 bits per heavy atom. The van der Waals surface area contributed by atoms with Crippen LogP contribution in [0.5, 0.6) is 5.75 Å². The predicted octanol–water partition coefficient (Wildman–Crippen LogP) is 4.84. The monoisotopic (exact) mass is 431 g/mol. The van der Waals surface area contributed by atoms with Crippen molar-refractivity contribution in [2.24, 2.45) is 0 Å². The Hall–Kier alpha value is -3.71. The van der Waals surface area contributed by atoms with E-state index in [9.17, 15) is 9.59 Å². The molecule has 0 aliphatic rings. The molecule has 2 N–H and O–H groups in total. The van der Waals surface area contributed by atoms with Crippen LogP contribution >= 0.6 is 12.2 Å². The van der Waals surface area contributed by atoms with Gasteiger partial charge in [0.2, 0.25) is 5.91 Å². The number of H-pyrrole nitrogens is 1. The second-order valence-electron chi connectivity index (χ2n) is 7.11. The highest BCUT2D eigenvalue weighted by Gasteiger charge is 2.19. The highest BCUT2D eigenvalue weighted by atomic mass is 32.1. The molecule has 4 rings (SSSR count). The smallest absolute Gasteiger partial charge is 0.262 e. The predicted molar refractivity (Wildman–Crippen MR) is 124 cm³/mol. The molecule has 7 heteroatoms. The topological polar surface area (TPSA) is 76.1 Å². The molecule has 0 fully saturated rings. The minimum Gasteiger partial charge on any atom is -0.489 e. The van der Waals surface area contributed by atoms with Gasteiger partial charge in [-0.05, 0) is 61.1 Å². The Bertz CT molecular complexity index is 1330. The first kappa shape index (κ1) is 20.6. The van der Waals surface area contributed by atoms with Gasteiger partial charge in [-0.2, -0.15) is 0 Å². The van der Waals surface area contributed by atoms with Crippen LogP contribution in [0.4, 0.5) is 5.69 Å². The Labute approximate surface area is 184 Å². The van der Waals surface area contributed by atoms with Gasteiger partial charge in [-0.25, -0.2) is 0 Å². The van der Waals surface area contributed by atoms with Crippen LogP contribution in [0, 0.1) is 4.77 Å². The maximum atomic E-state index is 12.9. The normalized spacial score (nSPS) is 11.8. The van der Waals surface area contributed by atoms with Crippen molar-refractivity contribution in [3.63, 3.8) is 0 Å². The summed E-state index contributed by atoms with van der Waals surface area (Å²) in [5.41, 5.74) is 2.03. The number of rotatable bonds is 6. The molecule has 4 aromatic rings. The molecule has 0 saturated carbocycles. The zero-order chi connectivity index (χ0) is 21.8. The summed E-state index contributed by atoms with van der Waals surface area (Å²) in [6.45, 7) is 2.11. The van der Waals surface area contributed by atoms with Gasteiger partial charge in [-0.3, -0.25) is 14.2 Å². The van der Waals surface area contributed by atoms with Crippen molar-refractivity contribution in [1.29, 1.82) is 0 Å². The van der Waals surface area contributed by atoms with Crippen LogP contribution in [0.25, 0.3) is 10.9 Å². The number of hydrogen-bond acceptors (Lipinski definition) is 4. The molecule has 0 spiro atoms. The van der Waals surface area contributed by atoms with E-state index < -0.39 is 6.04 Å². The number of hydrogen-bond donors (Lipinski definition) is 2. The van der Waals surface area contributed by atoms with Crippen LogP contribution < -0.4 is 15.6 Å². The molecule has 0 aliphatic carbocycles. The van der Waals surface area contributed by atoms with E-state index >= 15 is 0 Å². The van der Waals surface area contributed by atoms with Gasteiger partial charge in [0.25, 0.3) is 5.56 Å². The minimum atomic E-state index is -0.783. The quantitative estimate of drug-likeness (QED) is 0.429. The van der Waals surface area contributed by atoms with Crippen molar-refractivity contribution in [2.45, 2.75) is 19.6 Å². The molecule has 0 unspecified atom stereocenters. The van der Waals surface area contributed by atoms with Crippen molar-refractivity contribution in [3.8, 4) is 5.75 Å². The first-order chi connectivity index (χ1) is 15.0. The van der Waals surface area contributed by atoms with Gasteiger partial charge < -0.3 is 15.0 Å². The summed E-state index contributed by atoms with van der Waals surface area (Å²) >= 11 is 5.32. The number of nitrogens with one attached hydrogen (secondary N) is 2. The van der Waals surface area contributed by atoms with Crippen LogP contribution in [0.1, 0.15) is 18.5 Å². The van der Waals surface area contributed by atoms with E-state index in [-0.39, 0.29) is 16.2 Å². The maximum Gasteiger partial charge on any atom is 0.262 e. The number of para-hydroxylation sites is 1. The number of anilines is 1. The lowest BCUT2D eigenvalue weighted by molar-refractivity contribution is -0.118. The zero-order valence-electron chi connectivity index (χ0n) is 16.9. The number of benzene rings is 3. The lowest BCUT2D eigenvalue weighted by Crippen LogP contribution is -2.32. The number of aromatic nitrogens is 2. The van der Waals surface area contributed by atoms with E-state index in [1.54, 1.807) is 49.4 Å². The average Bonchev–Trinajstić information content (AvgIpc) is 2.79. The van der Waals surface area contributed by atoms with Gasteiger partial charge in [-0.15, -0.1) is 0 Å². The van der Waals surface area contributed by atoms with Crippen LogP contribution in [-0.2, 0) is 11.4 Å². The van der Waals surface area contributed by atoms with E-state index in [4.69, 9.17) is 17.0 Å². The maximum absolute atomic E-state index is 12.9. The van der Waals surface area contributed by atoms with Crippen LogP contribution in [0.3, 0.4) is 0 Å². The molecule has 156 valence electrons. The summed E-state index contributed by atoms with van der Waals surface area (Å²) in [6.07, 6.45) is 0. The average molecular weight is 432 g/mol. The number of aromatic amines is 1. The standard InChI is InChI=1S/C24H21N3O3S/c1-16(27-23(29)20-9-5-6-10-21(20)26-24(27)31)22(28)25-18-11-13-19(14-12-18)30-15-17-7-3-2-4-8-17/h2-14,16H,15H2,1H3,(H,25,28)(H,26,31)/t16-/m0/s1. The van der Waals surface area contributed by atoms with Crippen molar-refractivity contribution >= 4 is 34.7 Å². The number of nitrogens with zero attached hydrogens (tertiary/aromatic N) is 1. The Kier molecular flexibility index (Phi) is 5.95. The molecular weight excluding hydrogens is 410 g/mol. The molecule has 3 aromatic carbocycles. The lowest BCUT2D eigenvalue weighted by Gasteiger charge is -2.16. The first-order valence-corrected chi connectivity index (χ1v) is 10.2. The van der Waals surface area contributed by atoms with Gasteiger partial charge in [-0.1, -0.05) is 42.5 Å². The molecule has 31 heavy (non-hydrogen) atoms. The van der Waals surface area contributed by atoms with Gasteiger partial charge >= 0.3 is 0 Å². The van der Waals surface area contributed by atoms with Crippen LogP contribution in [-0.4, -0.2) is 15.5 Å². The van der Waals surface area contributed by atoms with Gasteiger partial charge in [0, 0.05) is 5.69 Å². The van der Waals surface area contributed by atoms with E-state index in [2.05, 4.69) is 10.3 Å². The third kappa shape index (κ3) is 4.57. The number of ether oxygens (including phenoxy) is 1. The first-order valence-electron chi connectivity index (χ1n) is 9.84. The van der Waals surface area contributed by atoms with Gasteiger partial charge in [0.05, 0.1) is 10.9 Å². The number of carbonyl (C=O) groups excluding carboxylic acids is 1. The minimum absolute atomic E-state index is 0.205. The lowest BCUT2D eigenvalue weighted by atomic mass is 10.2. The second-order valence-corrected chi connectivity index (χ2v) is 7.50. The highest BCUT2D eigenvalue weighted by Crippen LogP contribution is 2.19. The summed E-state index contributed by atoms with van der Waals surface area (Å²) in [5, 5.41) is 3.31. The van der Waals surface area contributed by atoms with Crippen LogP contribution in [0.15, 0.2) is 83.7 Å². The Balaban J connectivity index is 1.46. The zero-order valence-corrected chi connectivity index (χ0v) is 17.7. The molecule has 1 amide bonds. The summed E-state index contributed by atoms with van der Waals surface area (Å²) in [6, 6.07) is 23.3. The number of amides is 1. The summed E-state index contributed by atoms with van der Waals surface area (Å²) in [4.78, 5) is 28.7. The summed E-state index contributed by atoms with van der Waals surface area (Å²) in [7, 11) is 0. The fraction of sp³-hybridized carbons (Fsp3) is 0.125. The molecule has 0 bridgehead atoms. The van der Waals surface area contributed by atoms with Gasteiger partial charge in [0.1, 0.15) is 18.4 Å². The second kappa shape index (κ2) is 8.97. The molecule has 0 aliphatic heterocycles. The molecule has 0 radical (unpaired) electrons. The Morgan fingerprint density at radius 3 is 2.45 bits per heavy atom. The molecular formula is C24H21N3O3S. The van der Waals surface area contributed by atoms with E-state index in [1.807, 2.05) is 36.4 Å². The fourth-order valence-corrected chi connectivity index (χ4v) is 3.62. The third-order valence-electron chi connectivity index (χ3n) is 4.97. The van der Waals surface area contributed by atoms with Crippen molar-refractivity contribution < 1.29 is 9.53 Å². The van der Waals surface area contributed by atoms with Crippen molar-refractivity contribution in [2.75, 3.05) is 5.32 Å². The summed E-state index contributed by atoms with van der Waals surface area (Å²) < 4.78 is 7.27. The number of carbonyl (C=O) groups is 1. The molecule has 1 aromatic heterocycles. The van der Waals surface area contributed by atoms with E-state index in [1.165, 1.54) is 4.57 Å². The SMILES string of the molecule is C[C@@H](C(=O)Nc1ccc(OCc2ccccc2)cc1)n1c(=S)[nH]c2ccccc2c1=O. The van der Waals surface area contributed by atoms with E-state index in [0.717, 1.165) is 5.56 Å². The molecule has 6 nitrogen and oxygen atoms in total. The van der Waals surface area contributed by atoms with Gasteiger partial charge in [0.15, 0.2) is 4.77 Å². The van der Waals surface area contributed by atoms with Crippen LogP contribution in [0.2, 0.25) is 0 Å². The third-order valence-corrected chi connectivity index (χ3v) is 5.27. The van der Waals surface area contributed by atoms with E-state index in [0.29, 0.717) is 28.9 Å². The molecule has 1 heterocycles. The van der Waals surface area contributed by atoms with Crippen molar-refractivity contribution in [3.05, 3.63) is 99.6 Å². The Morgan fingerprint density at radius 2 is 1.71 bits per heavy atom. The number of fused-ring (bicyclic) bond motifs is 1. The van der Waals surface area contributed by atoms with Crippen molar-refractivity contribution in [1.82, 2.24) is 9.55 Å². The molecule has 0 saturated heterocycles.